The number of nitro benzene ring substituents is 1. The molecule has 0 aliphatic carbocycles. The third-order valence-corrected chi connectivity index (χ3v) is 6.33. The number of rotatable bonds is 10. The summed E-state index contributed by atoms with van der Waals surface area (Å²) in [4.78, 5) is 15.3. The van der Waals surface area contributed by atoms with E-state index in [-0.39, 0.29) is 17.2 Å². The summed E-state index contributed by atoms with van der Waals surface area (Å²) < 4.78 is 0. The number of phenolic OH excluding ortho intramolecular Hbond substituents is 2. The Morgan fingerprint density at radius 3 is 1.91 bits per heavy atom. The van der Waals surface area contributed by atoms with Crippen LogP contribution >= 0.6 is 0 Å². The molecule has 3 aromatic carbocycles. The number of para-hydroxylation sites is 1. The Hall–Kier alpha value is -3.74. The molecule has 0 saturated carbocycles. The summed E-state index contributed by atoms with van der Waals surface area (Å²) in [6, 6.07) is 17.0. The van der Waals surface area contributed by atoms with Crippen LogP contribution in [0.3, 0.4) is 0 Å². The zero-order valence-electron chi connectivity index (χ0n) is 20.2. The van der Waals surface area contributed by atoms with Gasteiger partial charge in [-0.05, 0) is 51.5 Å². The number of benzene rings is 3. The average molecular weight is 464 g/mol. The first-order chi connectivity index (χ1) is 16.4. The largest absolute Gasteiger partial charge is 0.508 e. The SMILES string of the molecule is CCN(CC)c1ccc(O)c(C(c2ccc([N+](=O)[O-])cc2)c2ccccc2O)c1N(CC)CC. The lowest BCUT2D eigenvalue weighted by atomic mass is 9.82. The Morgan fingerprint density at radius 2 is 1.38 bits per heavy atom. The van der Waals surface area contributed by atoms with Gasteiger partial charge in [0, 0.05) is 55.4 Å². The van der Waals surface area contributed by atoms with Crippen molar-refractivity contribution >= 4 is 17.1 Å². The van der Waals surface area contributed by atoms with Crippen LogP contribution in [0.2, 0.25) is 0 Å². The van der Waals surface area contributed by atoms with Crippen LogP contribution in [0.4, 0.5) is 17.1 Å². The van der Waals surface area contributed by atoms with E-state index in [4.69, 9.17) is 0 Å². The molecular formula is C27H33N3O4. The van der Waals surface area contributed by atoms with Gasteiger partial charge in [-0.25, -0.2) is 0 Å². The van der Waals surface area contributed by atoms with Crippen molar-refractivity contribution in [1.82, 2.24) is 0 Å². The second-order valence-electron chi connectivity index (χ2n) is 8.05. The zero-order chi connectivity index (χ0) is 24.8. The quantitative estimate of drug-likeness (QED) is 0.222. The van der Waals surface area contributed by atoms with Crippen LogP contribution in [-0.2, 0) is 0 Å². The van der Waals surface area contributed by atoms with Gasteiger partial charge in [0.2, 0.25) is 0 Å². The van der Waals surface area contributed by atoms with Crippen LogP contribution < -0.4 is 9.80 Å². The number of non-ortho nitro benzene ring substituents is 1. The van der Waals surface area contributed by atoms with Crippen molar-refractivity contribution < 1.29 is 15.1 Å². The van der Waals surface area contributed by atoms with Crippen molar-refractivity contribution in [3.63, 3.8) is 0 Å². The van der Waals surface area contributed by atoms with E-state index in [2.05, 4.69) is 37.5 Å². The molecule has 0 bridgehead atoms. The van der Waals surface area contributed by atoms with E-state index in [1.165, 1.54) is 12.1 Å². The predicted octanol–water partition coefficient (Wildman–Crippen LogP) is 5.88. The first-order valence-corrected chi connectivity index (χ1v) is 11.8. The summed E-state index contributed by atoms with van der Waals surface area (Å²) >= 11 is 0. The normalized spacial score (nSPS) is 11.8. The fourth-order valence-corrected chi connectivity index (χ4v) is 4.58. The van der Waals surface area contributed by atoms with Gasteiger partial charge in [0.15, 0.2) is 0 Å². The molecular weight excluding hydrogens is 430 g/mol. The second kappa shape index (κ2) is 10.9. The summed E-state index contributed by atoms with van der Waals surface area (Å²) in [5.41, 5.74) is 3.93. The van der Waals surface area contributed by atoms with E-state index in [9.17, 15) is 20.3 Å². The maximum Gasteiger partial charge on any atom is 0.269 e. The monoisotopic (exact) mass is 463 g/mol. The highest BCUT2D eigenvalue weighted by Gasteiger charge is 2.30. The highest BCUT2D eigenvalue weighted by molar-refractivity contribution is 5.80. The molecule has 0 aliphatic rings. The minimum atomic E-state index is -0.534. The van der Waals surface area contributed by atoms with Gasteiger partial charge in [0.1, 0.15) is 11.5 Å². The molecule has 7 nitrogen and oxygen atoms in total. The predicted molar refractivity (Wildman–Crippen MR) is 137 cm³/mol. The van der Waals surface area contributed by atoms with Crippen LogP contribution in [0, 0.1) is 10.1 Å². The molecule has 0 aromatic heterocycles. The summed E-state index contributed by atoms with van der Waals surface area (Å²) in [6.45, 7) is 11.4. The van der Waals surface area contributed by atoms with Gasteiger partial charge in [-0.3, -0.25) is 10.1 Å². The second-order valence-corrected chi connectivity index (χ2v) is 8.05. The van der Waals surface area contributed by atoms with Crippen LogP contribution in [0.25, 0.3) is 0 Å². The van der Waals surface area contributed by atoms with Crippen molar-refractivity contribution in [3.8, 4) is 11.5 Å². The Kier molecular flexibility index (Phi) is 7.99. The fraction of sp³-hybridized carbons (Fsp3) is 0.333. The molecule has 0 fully saturated rings. The minimum Gasteiger partial charge on any atom is -0.508 e. The third kappa shape index (κ3) is 4.78. The number of nitrogens with zero attached hydrogens (tertiary/aromatic N) is 3. The standard InChI is InChI=1S/C27H33N3O4/c1-5-28(6-2)22-17-18-24(32)26(27(22)29(7-3)8-4)25(21-11-9-10-12-23(21)31)19-13-15-20(16-14-19)30(33)34/h9-18,25,31-32H,5-8H2,1-4H3. The molecule has 2 N–H and O–H groups in total. The molecule has 0 amide bonds. The number of nitro groups is 1. The molecule has 0 aliphatic heterocycles. The molecule has 0 radical (unpaired) electrons. The number of aromatic hydroxyl groups is 2. The lowest BCUT2D eigenvalue weighted by Crippen LogP contribution is -2.30. The van der Waals surface area contributed by atoms with Crippen molar-refractivity contribution in [2.75, 3.05) is 36.0 Å². The number of hydrogen-bond acceptors (Lipinski definition) is 6. The number of hydrogen-bond donors (Lipinski definition) is 2. The van der Waals surface area contributed by atoms with Crippen LogP contribution in [-0.4, -0.2) is 41.3 Å². The maximum atomic E-state index is 11.3. The smallest absolute Gasteiger partial charge is 0.269 e. The first-order valence-electron chi connectivity index (χ1n) is 11.8. The molecule has 7 heteroatoms. The summed E-state index contributed by atoms with van der Waals surface area (Å²) in [6.07, 6.45) is 0. The Balaban J connectivity index is 2.40. The van der Waals surface area contributed by atoms with Gasteiger partial charge in [0.25, 0.3) is 5.69 Å². The van der Waals surface area contributed by atoms with Gasteiger partial charge >= 0.3 is 0 Å². The van der Waals surface area contributed by atoms with Gasteiger partial charge < -0.3 is 20.0 Å². The van der Waals surface area contributed by atoms with E-state index in [1.807, 2.05) is 18.2 Å². The maximum absolute atomic E-state index is 11.3. The molecule has 0 spiro atoms. The van der Waals surface area contributed by atoms with E-state index >= 15 is 0 Å². The van der Waals surface area contributed by atoms with Gasteiger partial charge in [-0.15, -0.1) is 0 Å². The van der Waals surface area contributed by atoms with Crippen molar-refractivity contribution in [2.24, 2.45) is 0 Å². The van der Waals surface area contributed by atoms with Crippen molar-refractivity contribution in [1.29, 1.82) is 0 Å². The number of anilines is 2. The molecule has 180 valence electrons. The van der Waals surface area contributed by atoms with E-state index in [0.29, 0.717) is 11.1 Å². The molecule has 1 unspecified atom stereocenters. The fourth-order valence-electron chi connectivity index (χ4n) is 4.58. The summed E-state index contributed by atoms with van der Waals surface area (Å²) in [5, 5.41) is 33.4. The highest BCUT2D eigenvalue weighted by atomic mass is 16.6. The summed E-state index contributed by atoms with van der Waals surface area (Å²) in [5.74, 6) is -0.318. The van der Waals surface area contributed by atoms with E-state index in [0.717, 1.165) is 43.1 Å². The molecule has 34 heavy (non-hydrogen) atoms. The Labute approximate surface area is 201 Å². The van der Waals surface area contributed by atoms with Gasteiger partial charge in [-0.2, -0.15) is 0 Å². The topological polar surface area (TPSA) is 90.1 Å². The van der Waals surface area contributed by atoms with E-state index < -0.39 is 10.8 Å². The highest BCUT2D eigenvalue weighted by Crippen LogP contribution is 2.48. The van der Waals surface area contributed by atoms with Gasteiger partial charge in [-0.1, -0.05) is 30.3 Å². The Bertz CT molecular complexity index is 1120. The van der Waals surface area contributed by atoms with Gasteiger partial charge in [0.05, 0.1) is 16.3 Å². The van der Waals surface area contributed by atoms with Crippen molar-refractivity contribution in [2.45, 2.75) is 33.6 Å². The Morgan fingerprint density at radius 1 is 0.794 bits per heavy atom. The molecule has 0 heterocycles. The average Bonchev–Trinajstić information content (AvgIpc) is 2.84. The van der Waals surface area contributed by atoms with Crippen LogP contribution in [0.5, 0.6) is 11.5 Å². The molecule has 1 atom stereocenters. The van der Waals surface area contributed by atoms with Crippen LogP contribution in [0.1, 0.15) is 50.3 Å². The van der Waals surface area contributed by atoms with Crippen molar-refractivity contribution in [3.05, 3.63) is 87.5 Å². The lowest BCUT2D eigenvalue weighted by molar-refractivity contribution is -0.384. The minimum absolute atomic E-state index is 0.00939. The molecule has 3 rings (SSSR count). The molecule has 3 aromatic rings. The lowest BCUT2D eigenvalue weighted by Gasteiger charge is -2.35. The van der Waals surface area contributed by atoms with Crippen LogP contribution in [0.15, 0.2) is 60.7 Å². The first kappa shape index (κ1) is 24.9. The third-order valence-electron chi connectivity index (χ3n) is 6.33. The molecule has 0 saturated heterocycles. The number of phenols is 2. The summed E-state index contributed by atoms with van der Waals surface area (Å²) in [7, 11) is 0. The zero-order valence-corrected chi connectivity index (χ0v) is 20.2. The van der Waals surface area contributed by atoms with E-state index in [1.54, 1.807) is 30.3 Å².